The predicted molar refractivity (Wildman–Crippen MR) is 90.9 cm³/mol. The van der Waals surface area contributed by atoms with Gasteiger partial charge in [-0.3, -0.25) is 9.59 Å². The number of nitrogens with two attached hydrogens (primary N) is 1. The minimum absolute atomic E-state index is 0.134. The van der Waals surface area contributed by atoms with Gasteiger partial charge >= 0.3 is 11.9 Å². The Bertz CT molecular complexity index is 730. The SMILES string of the molecule is COC(=O)COC(=O)C1(CSc2nnnn2C)CS[C@@H]2C(N)C(=O)N2C1. The van der Waals surface area contributed by atoms with Crippen molar-refractivity contribution in [2.24, 2.45) is 18.2 Å². The van der Waals surface area contributed by atoms with Crippen LogP contribution in [0.5, 0.6) is 0 Å². The summed E-state index contributed by atoms with van der Waals surface area (Å²) in [5, 5.41) is 11.6. The first kappa shape index (κ1) is 18.9. The highest BCUT2D eigenvalue weighted by Gasteiger charge is 2.56. The molecule has 3 atom stereocenters. The van der Waals surface area contributed by atoms with Crippen LogP contribution in [0.2, 0.25) is 0 Å². The van der Waals surface area contributed by atoms with Gasteiger partial charge in [-0.1, -0.05) is 11.8 Å². The number of fused-ring (bicyclic) bond motifs is 1. The van der Waals surface area contributed by atoms with E-state index in [1.165, 1.54) is 35.3 Å². The zero-order chi connectivity index (χ0) is 18.9. The standard InChI is InChI=1S/C13H18N6O5S2/c1-18-12(15-16-17-18)26-6-13(11(22)24-3-7(20)23-2)4-19-9(21)8(14)10(19)25-5-13/h8,10H,3-6,14H2,1-2H3/t8?,10-,13?/m1/s1. The van der Waals surface area contributed by atoms with Gasteiger partial charge in [0.2, 0.25) is 11.1 Å². The van der Waals surface area contributed by atoms with E-state index in [9.17, 15) is 14.4 Å². The Morgan fingerprint density at radius 3 is 2.92 bits per heavy atom. The van der Waals surface area contributed by atoms with Gasteiger partial charge in [-0.05, 0) is 10.4 Å². The number of tetrazole rings is 1. The largest absolute Gasteiger partial charge is 0.466 e. The molecule has 0 radical (unpaired) electrons. The molecular formula is C13H18N6O5S2. The second-order valence-electron chi connectivity index (χ2n) is 6.00. The van der Waals surface area contributed by atoms with Gasteiger partial charge < -0.3 is 20.1 Å². The quantitative estimate of drug-likeness (QED) is 0.328. The molecule has 13 heteroatoms. The first-order valence-corrected chi connectivity index (χ1v) is 9.68. The van der Waals surface area contributed by atoms with Crippen LogP contribution >= 0.6 is 23.5 Å². The lowest BCUT2D eigenvalue weighted by Gasteiger charge is -2.53. The molecule has 3 heterocycles. The summed E-state index contributed by atoms with van der Waals surface area (Å²) < 4.78 is 11.1. The fourth-order valence-corrected chi connectivity index (χ4v) is 5.33. The highest BCUT2D eigenvalue weighted by Crippen LogP contribution is 2.44. The van der Waals surface area contributed by atoms with Gasteiger partial charge in [-0.15, -0.1) is 16.9 Å². The second kappa shape index (κ2) is 7.40. The number of thioether (sulfide) groups is 2. The summed E-state index contributed by atoms with van der Waals surface area (Å²) in [6, 6.07) is -0.542. The molecule has 1 aromatic heterocycles. The summed E-state index contributed by atoms with van der Waals surface area (Å²) in [6.45, 7) is -0.301. The number of aromatic nitrogens is 4. The van der Waals surface area contributed by atoms with E-state index in [2.05, 4.69) is 20.3 Å². The van der Waals surface area contributed by atoms with E-state index < -0.39 is 30.0 Å². The lowest BCUT2D eigenvalue weighted by atomic mass is 9.89. The van der Waals surface area contributed by atoms with Gasteiger partial charge in [-0.2, -0.15) is 0 Å². The third-order valence-corrected chi connectivity index (χ3v) is 7.14. The summed E-state index contributed by atoms with van der Waals surface area (Å²) >= 11 is 2.72. The van der Waals surface area contributed by atoms with Gasteiger partial charge in [0.25, 0.3) is 0 Å². The van der Waals surface area contributed by atoms with Gasteiger partial charge in [-0.25, -0.2) is 9.48 Å². The van der Waals surface area contributed by atoms with Gasteiger partial charge in [0.1, 0.15) is 16.8 Å². The van der Waals surface area contributed by atoms with E-state index in [1.54, 1.807) is 11.9 Å². The highest BCUT2D eigenvalue weighted by molar-refractivity contribution is 8.00. The molecule has 2 N–H and O–H groups in total. The van der Waals surface area contributed by atoms with E-state index >= 15 is 0 Å². The van der Waals surface area contributed by atoms with E-state index in [0.29, 0.717) is 16.7 Å². The fraction of sp³-hybridized carbons (Fsp3) is 0.692. The van der Waals surface area contributed by atoms with E-state index in [1.807, 2.05) is 0 Å². The molecule has 0 bridgehead atoms. The molecule has 2 fully saturated rings. The summed E-state index contributed by atoms with van der Waals surface area (Å²) in [7, 11) is 2.90. The molecule has 0 spiro atoms. The van der Waals surface area contributed by atoms with Crippen LogP contribution in [0.1, 0.15) is 0 Å². The summed E-state index contributed by atoms with van der Waals surface area (Å²) in [6.07, 6.45) is 0. The van der Waals surface area contributed by atoms with Crippen LogP contribution in [0, 0.1) is 5.41 Å². The van der Waals surface area contributed by atoms with Crippen LogP contribution in [-0.2, 0) is 30.9 Å². The van der Waals surface area contributed by atoms with Crippen molar-refractivity contribution in [1.82, 2.24) is 25.1 Å². The fourth-order valence-electron chi connectivity index (χ4n) is 2.68. The van der Waals surface area contributed by atoms with Crippen LogP contribution in [0.3, 0.4) is 0 Å². The molecule has 11 nitrogen and oxygen atoms in total. The third-order valence-electron chi connectivity index (χ3n) is 4.23. The summed E-state index contributed by atoms with van der Waals surface area (Å²) in [5.74, 6) is -0.711. The number of esters is 2. The lowest BCUT2D eigenvalue weighted by Crippen LogP contribution is -2.72. The van der Waals surface area contributed by atoms with Crippen LogP contribution in [-0.4, -0.2) is 86.1 Å². The monoisotopic (exact) mass is 402 g/mol. The first-order chi connectivity index (χ1) is 12.4. The number of methoxy groups -OCH3 is 1. The van der Waals surface area contributed by atoms with Crippen molar-refractivity contribution in [3.63, 3.8) is 0 Å². The minimum Gasteiger partial charge on any atom is -0.466 e. The Balaban J connectivity index is 1.74. The molecular weight excluding hydrogens is 384 g/mol. The van der Waals surface area contributed by atoms with Gasteiger partial charge in [0, 0.05) is 25.1 Å². The van der Waals surface area contributed by atoms with Crippen LogP contribution in [0.15, 0.2) is 5.16 Å². The topological polar surface area (TPSA) is 143 Å². The number of β-lactam (4-membered cyclic amide) rings is 1. The number of amides is 1. The van der Waals surface area contributed by atoms with Gasteiger partial charge in [0.05, 0.1) is 7.11 Å². The molecule has 1 aromatic rings. The Morgan fingerprint density at radius 2 is 2.27 bits per heavy atom. The molecule has 3 rings (SSSR count). The number of carbonyl (C=O) groups excluding carboxylic acids is 3. The molecule has 0 aromatic carbocycles. The van der Waals surface area contributed by atoms with E-state index in [0.717, 1.165) is 0 Å². The van der Waals surface area contributed by atoms with Crippen molar-refractivity contribution in [2.45, 2.75) is 16.6 Å². The van der Waals surface area contributed by atoms with Crippen LogP contribution < -0.4 is 5.73 Å². The van der Waals surface area contributed by atoms with Crippen molar-refractivity contribution in [3.05, 3.63) is 0 Å². The second-order valence-corrected chi connectivity index (χ2v) is 8.05. The van der Waals surface area contributed by atoms with E-state index in [4.69, 9.17) is 10.5 Å². The maximum Gasteiger partial charge on any atom is 0.344 e. The number of hydrogen-bond acceptors (Lipinski definition) is 11. The zero-order valence-corrected chi connectivity index (χ0v) is 15.8. The van der Waals surface area contributed by atoms with Crippen molar-refractivity contribution in [1.29, 1.82) is 0 Å². The Labute approximate surface area is 157 Å². The lowest BCUT2D eigenvalue weighted by molar-refractivity contribution is -0.166. The van der Waals surface area contributed by atoms with Crippen molar-refractivity contribution in [3.8, 4) is 0 Å². The van der Waals surface area contributed by atoms with Crippen LogP contribution in [0.25, 0.3) is 0 Å². The molecule has 1 amide bonds. The molecule has 0 aliphatic carbocycles. The smallest absolute Gasteiger partial charge is 0.344 e. The number of carbonyl (C=O) groups is 3. The zero-order valence-electron chi connectivity index (χ0n) is 14.2. The average molecular weight is 402 g/mol. The molecule has 2 unspecified atom stereocenters. The molecule has 0 saturated carbocycles. The predicted octanol–water partition coefficient (Wildman–Crippen LogP) is -1.75. The molecule has 142 valence electrons. The minimum atomic E-state index is -0.998. The number of hydrogen-bond donors (Lipinski definition) is 1. The summed E-state index contributed by atoms with van der Waals surface area (Å²) in [5.41, 5.74) is 4.81. The molecule has 2 aliphatic heterocycles. The first-order valence-electron chi connectivity index (χ1n) is 7.65. The highest BCUT2D eigenvalue weighted by atomic mass is 32.2. The normalized spacial score (nSPS) is 27.5. The molecule has 2 saturated heterocycles. The average Bonchev–Trinajstić information content (AvgIpc) is 3.07. The number of ether oxygens (including phenoxy) is 2. The van der Waals surface area contributed by atoms with Crippen molar-refractivity contribution < 1.29 is 23.9 Å². The maximum atomic E-state index is 12.8. The Kier molecular flexibility index (Phi) is 5.39. The number of rotatable bonds is 6. The van der Waals surface area contributed by atoms with Crippen molar-refractivity contribution in [2.75, 3.05) is 31.8 Å². The van der Waals surface area contributed by atoms with E-state index in [-0.39, 0.29) is 17.8 Å². The third kappa shape index (κ3) is 3.38. The molecule has 2 aliphatic rings. The Hall–Kier alpha value is -1.86. The number of aryl methyl sites for hydroxylation is 1. The van der Waals surface area contributed by atoms with Crippen LogP contribution in [0.4, 0.5) is 0 Å². The Morgan fingerprint density at radius 1 is 1.50 bits per heavy atom. The van der Waals surface area contributed by atoms with Gasteiger partial charge in [0.15, 0.2) is 6.61 Å². The van der Waals surface area contributed by atoms with Crippen molar-refractivity contribution >= 4 is 41.4 Å². The maximum absolute atomic E-state index is 12.8. The summed E-state index contributed by atoms with van der Waals surface area (Å²) in [4.78, 5) is 37.7. The molecule has 26 heavy (non-hydrogen) atoms. The number of nitrogens with zero attached hydrogens (tertiary/aromatic N) is 5.